The van der Waals surface area contributed by atoms with Crippen molar-refractivity contribution >= 4 is 28.8 Å². The van der Waals surface area contributed by atoms with Gasteiger partial charge in [0.2, 0.25) is 0 Å². The third-order valence-electron chi connectivity index (χ3n) is 4.48. The fourth-order valence-corrected chi connectivity index (χ4v) is 3.74. The van der Waals surface area contributed by atoms with Crippen molar-refractivity contribution in [2.24, 2.45) is 0 Å². The molecule has 2 amide bonds. The Kier molecular flexibility index (Phi) is 6.00. The van der Waals surface area contributed by atoms with Crippen LogP contribution in [0.4, 0.5) is 10.5 Å². The predicted octanol–water partition coefficient (Wildman–Crippen LogP) is 3.39. The Morgan fingerprint density at radius 2 is 2.00 bits per heavy atom. The molecule has 0 atom stereocenters. The average molecular weight is 372 g/mol. The number of para-hydroxylation sites is 1. The van der Waals surface area contributed by atoms with Crippen LogP contribution in [-0.4, -0.2) is 52.8 Å². The summed E-state index contributed by atoms with van der Waals surface area (Å²) in [6.07, 6.45) is 0.922. The molecule has 0 saturated carbocycles. The zero-order valence-electron chi connectivity index (χ0n) is 15.2. The summed E-state index contributed by atoms with van der Waals surface area (Å²) < 4.78 is 0. The van der Waals surface area contributed by atoms with Gasteiger partial charge in [-0.3, -0.25) is 9.69 Å². The van der Waals surface area contributed by atoms with E-state index in [0.29, 0.717) is 24.3 Å². The lowest BCUT2D eigenvalue weighted by Crippen LogP contribution is -2.38. The number of thiazole rings is 1. The third-order valence-corrected chi connectivity index (χ3v) is 5.30. The molecular formula is C19H24N4O2S. The minimum atomic E-state index is -0.148. The molecule has 6 nitrogen and oxygen atoms in total. The Bertz CT molecular complexity index is 789. The van der Waals surface area contributed by atoms with Crippen LogP contribution in [-0.2, 0) is 6.54 Å². The number of carbonyl (C=O) groups excluding carboxylic acids is 2. The van der Waals surface area contributed by atoms with Gasteiger partial charge in [0, 0.05) is 43.7 Å². The van der Waals surface area contributed by atoms with Gasteiger partial charge in [-0.15, -0.1) is 11.3 Å². The minimum absolute atomic E-state index is 0.0542. The summed E-state index contributed by atoms with van der Waals surface area (Å²) in [6.45, 7) is 7.49. The molecule has 26 heavy (non-hydrogen) atoms. The summed E-state index contributed by atoms with van der Waals surface area (Å²) in [5, 5.41) is 6.08. The maximum atomic E-state index is 12.6. The number of hydrogen-bond donors (Lipinski definition) is 1. The van der Waals surface area contributed by atoms with E-state index in [1.54, 1.807) is 29.5 Å². The molecule has 1 aromatic heterocycles. The quantitative estimate of drug-likeness (QED) is 0.836. The van der Waals surface area contributed by atoms with Crippen LogP contribution in [0.25, 0.3) is 0 Å². The molecule has 1 N–H and O–H groups in total. The van der Waals surface area contributed by atoms with Gasteiger partial charge in [-0.1, -0.05) is 12.1 Å². The largest absolute Gasteiger partial charge is 0.323 e. The zero-order chi connectivity index (χ0) is 18.5. The van der Waals surface area contributed by atoms with Crippen molar-refractivity contribution in [1.29, 1.82) is 0 Å². The first kappa shape index (κ1) is 18.5. The number of rotatable bonds is 4. The Labute approximate surface area is 157 Å². The highest BCUT2D eigenvalue weighted by atomic mass is 32.1. The van der Waals surface area contributed by atoms with Crippen molar-refractivity contribution in [3.05, 3.63) is 45.9 Å². The van der Waals surface area contributed by atoms with E-state index in [0.717, 1.165) is 36.8 Å². The molecule has 1 saturated heterocycles. The van der Waals surface area contributed by atoms with Crippen LogP contribution in [0.5, 0.6) is 0 Å². The van der Waals surface area contributed by atoms with Gasteiger partial charge < -0.3 is 10.2 Å². The van der Waals surface area contributed by atoms with Crippen LogP contribution in [0.1, 0.15) is 34.4 Å². The number of aromatic nitrogens is 1. The topological polar surface area (TPSA) is 65.5 Å². The van der Waals surface area contributed by atoms with Gasteiger partial charge in [0.05, 0.1) is 16.4 Å². The molecule has 0 aliphatic carbocycles. The van der Waals surface area contributed by atoms with Gasteiger partial charge in [-0.2, -0.15) is 0 Å². The van der Waals surface area contributed by atoms with Crippen LogP contribution in [0.15, 0.2) is 29.6 Å². The van der Waals surface area contributed by atoms with E-state index in [9.17, 15) is 9.59 Å². The second-order valence-electron chi connectivity index (χ2n) is 6.51. The molecule has 1 fully saturated rings. The summed E-state index contributed by atoms with van der Waals surface area (Å²) in [5.41, 5.74) is 2.21. The van der Waals surface area contributed by atoms with E-state index in [1.165, 1.54) is 6.92 Å². The molecule has 1 aliphatic heterocycles. The predicted molar refractivity (Wildman–Crippen MR) is 104 cm³/mol. The van der Waals surface area contributed by atoms with E-state index >= 15 is 0 Å². The maximum Gasteiger partial charge on any atom is 0.321 e. The second kappa shape index (κ2) is 8.42. The summed E-state index contributed by atoms with van der Waals surface area (Å²) in [6, 6.07) is 6.98. The van der Waals surface area contributed by atoms with E-state index in [2.05, 4.69) is 20.6 Å². The van der Waals surface area contributed by atoms with Crippen molar-refractivity contribution in [1.82, 2.24) is 14.8 Å². The van der Waals surface area contributed by atoms with E-state index in [-0.39, 0.29) is 11.8 Å². The van der Waals surface area contributed by atoms with E-state index in [4.69, 9.17) is 0 Å². The number of anilines is 1. The summed E-state index contributed by atoms with van der Waals surface area (Å²) in [5.74, 6) is -0.0542. The molecule has 3 rings (SSSR count). The third kappa shape index (κ3) is 4.68. The lowest BCUT2D eigenvalue weighted by molar-refractivity contribution is 0.101. The second-order valence-corrected chi connectivity index (χ2v) is 7.57. The first-order valence-electron chi connectivity index (χ1n) is 8.82. The lowest BCUT2D eigenvalue weighted by atomic mass is 10.1. The van der Waals surface area contributed by atoms with Gasteiger partial charge in [-0.05, 0) is 32.4 Å². The summed E-state index contributed by atoms with van der Waals surface area (Å²) >= 11 is 1.67. The van der Waals surface area contributed by atoms with Gasteiger partial charge in [0.25, 0.3) is 0 Å². The van der Waals surface area contributed by atoms with E-state index < -0.39 is 0 Å². The summed E-state index contributed by atoms with van der Waals surface area (Å²) in [7, 11) is 0. The van der Waals surface area contributed by atoms with Crippen molar-refractivity contribution in [2.75, 3.05) is 31.5 Å². The van der Waals surface area contributed by atoms with Crippen LogP contribution in [0, 0.1) is 6.92 Å². The van der Waals surface area contributed by atoms with Gasteiger partial charge in [-0.25, -0.2) is 9.78 Å². The van der Waals surface area contributed by atoms with Crippen molar-refractivity contribution < 1.29 is 9.59 Å². The van der Waals surface area contributed by atoms with Crippen LogP contribution >= 0.6 is 11.3 Å². The Hall–Kier alpha value is -2.25. The summed E-state index contributed by atoms with van der Waals surface area (Å²) in [4.78, 5) is 33.0. The average Bonchev–Trinajstić information content (AvgIpc) is 2.88. The molecule has 0 spiro atoms. The fraction of sp³-hybridized carbons (Fsp3) is 0.421. The highest BCUT2D eigenvalue weighted by molar-refractivity contribution is 7.09. The zero-order valence-corrected chi connectivity index (χ0v) is 16.0. The number of hydrogen-bond acceptors (Lipinski definition) is 5. The number of carbonyl (C=O) groups is 2. The number of nitrogens with one attached hydrogen (secondary N) is 1. The van der Waals surface area contributed by atoms with Crippen molar-refractivity contribution in [3.63, 3.8) is 0 Å². The molecule has 0 radical (unpaired) electrons. The number of Topliss-reactive ketones (excluding diaryl/α,β-unsaturated/α-hetero) is 1. The molecule has 0 bridgehead atoms. The number of benzene rings is 1. The van der Waals surface area contributed by atoms with Crippen molar-refractivity contribution in [3.8, 4) is 0 Å². The number of amides is 2. The van der Waals surface area contributed by atoms with Crippen LogP contribution < -0.4 is 5.32 Å². The first-order chi connectivity index (χ1) is 12.5. The highest BCUT2D eigenvalue weighted by Gasteiger charge is 2.20. The maximum absolute atomic E-state index is 12.6. The lowest BCUT2D eigenvalue weighted by Gasteiger charge is -2.22. The Morgan fingerprint density at radius 3 is 2.73 bits per heavy atom. The minimum Gasteiger partial charge on any atom is -0.323 e. The Morgan fingerprint density at radius 1 is 1.19 bits per heavy atom. The number of nitrogens with zero attached hydrogens (tertiary/aromatic N) is 3. The monoisotopic (exact) mass is 372 g/mol. The number of urea groups is 1. The molecular weight excluding hydrogens is 348 g/mol. The van der Waals surface area contributed by atoms with Gasteiger partial charge in [0.15, 0.2) is 5.78 Å². The molecule has 138 valence electrons. The number of ketones is 1. The SMILES string of the molecule is CC(=O)c1ccccc1NC(=O)N1CCCN(Cc2csc(C)n2)CC1. The van der Waals surface area contributed by atoms with Crippen LogP contribution in [0.2, 0.25) is 0 Å². The van der Waals surface area contributed by atoms with Gasteiger partial charge in [0.1, 0.15) is 0 Å². The first-order valence-corrected chi connectivity index (χ1v) is 9.70. The van der Waals surface area contributed by atoms with Gasteiger partial charge >= 0.3 is 6.03 Å². The highest BCUT2D eigenvalue weighted by Crippen LogP contribution is 2.17. The normalized spacial score (nSPS) is 15.5. The molecule has 1 aromatic carbocycles. The molecule has 1 aliphatic rings. The fourth-order valence-electron chi connectivity index (χ4n) is 3.14. The molecule has 0 unspecified atom stereocenters. The standard InChI is InChI=1S/C19H24N4O2S/c1-14(24)17-6-3-4-7-18(17)21-19(25)23-9-5-8-22(10-11-23)12-16-13-26-15(2)20-16/h3-4,6-7,13H,5,8-12H2,1-2H3,(H,21,25). The number of aryl methyl sites for hydroxylation is 1. The Balaban J connectivity index is 1.58. The molecule has 7 heteroatoms. The smallest absolute Gasteiger partial charge is 0.321 e. The van der Waals surface area contributed by atoms with Crippen LogP contribution in [0.3, 0.4) is 0 Å². The molecule has 2 heterocycles. The van der Waals surface area contributed by atoms with Crippen molar-refractivity contribution in [2.45, 2.75) is 26.8 Å². The molecule has 2 aromatic rings. The van der Waals surface area contributed by atoms with E-state index in [1.807, 2.05) is 17.9 Å².